The second-order valence-corrected chi connectivity index (χ2v) is 5.07. The molecule has 0 saturated carbocycles. The van der Waals surface area contributed by atoms with Gasteiger partial charge >= 0.3 is 0 Å². The van der Waals surface area contributed by atoms with Crippen LogP contribution in [0.1, 0.15) is 18.9 Å². The van der Waals surface area contributed by atoms with E-state index in [9.17, 15) is 4.79 Å². The van der Waals surface area contributed by atoms with Crippen LogP contribution >= 0.6 is 11.8 Å². The molecular formula is C15H13NOS. The molecule has 0 bridgehead atoms. The zero-order valence-corrected chi connectivity index (χ0v) is 11.0. The van der Waals surface area contributed by atoms with Crippen molar-refractivity contribution >= 4 is 27.6 Å². The van der Waals surface area contributed by atoms with Crippen LogP contribution in [0.5, 0.6) is 0 Å². The van der Waals surface area contributed by atoms with Gasteiger partial charge in [-0.1, -0.05) is 47.9 Å². The number of rotatable bonds is 2. The molecule has 2 aromatic rings. The number of pyridine rings is 1. The van der Waals surface area contributed by atoms with E-state index in [0.29, 0.717) is 6.42 Å². The standard InChI is InChI=1S/C15H13NOS/c1-12(17)18-9-5-4-7-14-11-16-10-13-6-2-3-8-15(13)14/h2-3,6,8,10-11H,5,9H2,1H3. The van der Waals surface area contributed by atoms with Gasteiger partial charge in [-0.15, -0.1) is 0 Å². The number of nitrogens with zero attached hydrogens (tertiary/aromatic N) is 1. The second-order valence-electron chi connectivity index (χ2n) is 3.80. The van der Waals surface area contributed by atoms with E-state index in [4.69, 9.17) is 0 Å². The fraction of sp³-hybridized carbons (Fsp3) is 0.200. The zero-order valence-electron chi connectivity index (χ0n) is 10.1. The van der Waals surface area contributed by atoms with Crippen molar-refractivity contribution in [1.29, 1.82) is 0 Å². The summed E-state index contributed by atoms with van der Waals surface area (Å²) in [6, 6.07) is 8.06. The van der Waals surface area contributed by atoms with E-state index < -0.39 is 0 Å². The first kappa shape index (κ1) is 12.7. The highest BCUT2D eigenvalue weighted by molar-refractivity contribution is 8.13. The first-order chi connectivity index (χ1) is 8.77. The molecule has 0 spiro atoms. The Kier molecular flexibility index (Phi) is 4.38. The Bertz CT molecular complexity index is 620. The van der Waals surface area contributed by atoms with Crippen molar-refractivity contribution < 1.29 is 4.79 Å². The van der Waals surface area contributed by atoms with E-state index in [1.54, 1.807) is 13.1 Å². The molecule has 18 heavy (non-hydrogen) atoms. The molecule has 0 unspecified atom stereocenters. The Balaban J connectivity index is 2.12. The Morgan fingerprint density at radius 2 is 2.17 bits per heavy atom. The maximum absolute atomic E-state index is 10.8. The summed E-state index contributed by atoms with van der Waals surface area (Å²) in [4.78, 5) is 14.9. The summed E-state index contributed by atoms with van der Waals surface area (Å²) in [5.74, 6) is 6.96. The lowest BCUT2D eigenvalue weighted by molar-refractivity contribution is -0.109. The molecule has 0 aliphatic carbocycles. The van der Waals surface area contributed by atoms with Crippen molar-refractivity contribution in [1.82, 2.24) is 4.98 Å². The van der Waals surface area contributed by atoms with Gasteiger partial charge in [-0.3, -0.25) is 9.78 Å². The van der Waals surface area contributed by atoms with Crippen molar-refractivity contribution in [2.24, 2.45) is 0 Å². The van der Waals surface area contributed by atoms with E-state index in [1.807, 2.05) is 30.5 Å². The molecule has 1 aromatic heterocycles. The minimum absolute atomic E-state index is 0.142. The summed E-state index contributed by atoms with van der Waals surface area (Å²) >= 11 is 1.31. The van der Waals surface area contributed by atoms with Crippen LogP contribution < -0.4 is 0 Å². The summed E-state index contributed by atoms with van der Waals surface area (Å²) in [5, 5.41) is 2.37. The molecule has 2 nitrogen and oxygen atoms in total. The van der Waals surface area contributed by atoms with Crippen LogP contribution in [0.3, 0.4) is 0 Å². The highest BCUT2D eigenvalue weighted by Crippen LogP contribution is 2.15. The molecule has 1 aromatic carbocycles. The predicted octanol–water partition coefficient (Wildman–Crippen LogP) is 3.26. The van der Waals surface area contributed by atoms with Crippen molar-refractivity contribution in [3.8, 4) is 11.8 Å². The van der Waals surface area contributed by atoms with E-state index in [2.05, 4.69) is 16.8 Å². The average molecular weight is 255 g/mol. The third-order valence-corrected chi connectivity index (χ3v) is 3.24. The number of fused-ring (bicyclic) bond motifs is 1. The van der Waals surface area contributed by atoms with Crippen LogP contribution in [0.2, 0.25) is 0 Å². The van der Waals surface area contributed by atoms with Crippen LogP contribution in [-0.4, -0.2) is 15.9 Å². The third kappa shape index (κ3) is 3.35. The molecular weight excluding hydrogens is 242 g/mol. The first-order valence-electron chi connectivity index (χ1n) is 5.72. The topological polar surface area (TPSA) is 30.0 Å². The Morgan fingerprint density at radius 3 is 3.00 bits per heavy atom. The van der Waals surface area contributed by atoms with E-state index in [-0.39, 0.29) is 5.12 Å². The summed E-state index contributed by atoms with van der Waals surface area (Å²) in [6.07, 6.45) is 4.34. The van der Waals surface area contributed by atoms with Crippen molar-refractivity contribution in [3.63, 3.8) is 0 Å². The molecule has 3 heteroatoms. The average Bonchev–Trinajstić information content (AvgIpc) is 2.38. The molecule has 0 N–H and O–H groups in total. The lowest BCUT2D eigenvalue weighted by Gasteiger charge is -1.98. The van der Waals surface area contributed by atoms with Gasteiger partial charge in [0.25, 0.3) is 0 Å². The minimum atomic E-state index is 0.142. The minimum Gasteiger partial charge on any atom is -0.288 e. The van der Waals surface area contributed by atoms with Gasteiger partial charge in [0, 0.05) is 42.3 Å². The van der Waals surface area contributed by atoms with Crippen LogP contribution in [0, 0.1) is 11.8 Å². The lowest BCUT2D eigenvalue weighted by atomic mass is 10.1. The SMILES string of the molecule is CC(=O)SCCC#Cc1cncc2ccccc12. The van der Waals surface area contributed by atoms with Crippen molar-refractivity contribution in [2.45, 2.75) is 13.3 Å². The summed E-state index contributed by atoms with van der Waals surface area (Å²) in [5.41, 5.74) is 0.945. The maximum Gasteiger partial charge on any atom is 0.185 e. The summed E-state index contributed by atoms with van der Waals surface area (Å²) in [6.45, 7) is 1.58. The molecule has 0 saturated heterocycles. The van der Waals surface area contributed by atoms with Crippen LogP contribution in [0.25, 0.3) is 10.8 Å². The smallest absolute Gasteiger partial charge is 0.185 e. The summed E-state index contributed by atoms with van der Waals surface area (Å²) in [7, 11) is 0. The highest BCUT2D eigenvalue weighted by Gasteiger charge is 1.97. The molecule has 0 amide bonds. The van der Waals surface area contributed by atoms with Gasteiger partial charge in [-0.05, 0) is 0 Å². The molecule has 2 rings (SSSR count). The number of hydrogen-bond acceptors (Lipinski definition) is 3. The fourth-order valence-corrected chi connectivity index (χ4v) is 2.11. The number of carbonyl (C=O) groups is 1. The fourth-order valence-electron chi connectivity index (χ4n) is 1.62. The maximum atomic E-state index is 10.8. The lowest BCUT2D eigenvalue weighted by Crippen LogP contribution is -1.85. The molecule has 0 atom stereocenters. The Morgan fingerprint density at radius 1 is 1.33 bits per heavy atom. The monoisotopic (exact) mass is 255 g/mol. The molecule has 0 aliphatic rings. The number of benzene rings is 1. The van der Waals surface area contributed by atoms with E-state index >= 15 is 0 Å². The molecule has 1 heterocycles. The number of hydrogen-bond donors (Lipinski definition) is 0. The largest absolute Gasteiger partial charge is 0.288 e. The number of aromatic nitrogens is 1. The normalized spacial score (nSPS) is 9.83. The van der Waals surface area contributed by atoms with Crippen molar-refractivity contribution in [2.75, 3.05) is 5.75 Å². The number of thioether (sulfide) groups is 1. The van der Waals surface area contributed by atoms with Gasteiger partial charge in [-0.2, -0.15) is 0 Å². The van der Waals surface area contributed by atoms with Crippen LogP contribution in [0.15, 0.2) is 36.7 Å². The van der Waals surface area contributed by atoms with Gasteiger partial charge < -0.3 is 0 Å². The molecule has 0 aliphatic heterocycles. The van der Waals surface area contributed by atoms with Crippen LogP contribution in [-0.2, 0) is 4.79 Å². The second kappa shape index (κ2) is 6.23. The summed E-state index contributed by atoms with van der Waals surface area (Å²) < 4.78 is 0. The van der Waals surface area contributed by atoms with Gasteiger partial charge in [0.05, 0.1) is 5.56 Å². The van der Waals surface area contributed by atoms with Gasteiger partial charge in [0.1, 0.15) is 0 Å². The van der Waals surface area contributed by atoms with E-state index in [1.165, 1.54) is 11.8 Å². The molecule has 90 valence electrons. The van der Waals surface area contributed by atoms with Gasteiger partial charge in [0.15, 0.2) is 5.12 Å². The van der Waals surface area contributed by atoms with Gasteiger partial charge in [-0.25, -0.2) is 0 Å². The van der Waals surface area contributed by atoms with Crippen molar-refractivity contribution in [3.05, 3.63) is 42.2 Å². The quantitative estimate of drug-likeness (QED) is 0.609. The Hall–Kier alpha value is -1.79. The van der Waals surface area contributed by atoms with Crippen LogP contribution in [0.4, 0.5) is 0 Å². The zero-order chi connectivity index (χ0) is 12.8. The number of carbonyl (C=O) groups excluding carboxylic acids is 1. The molecule has 0 fully saturated rings. The highest BCUT2D eigenvalue weighted by atomic mass is 32.2. The predicted molar refractivity (Wildman–Crippen MR) is 76.4 cm³/mol. The third-order valence-electron chi connectivity index (χ3n) is 2.42. The van der Waals surface area contributed by atoms with Gasteiger partial charge in [0.2, 0.25) is 0 Å². The van der Waals surface area contributed by atoms with E-state index in [0.717, 1.165) is 22.1 Å². The Labute approximate surface area is 111 Å². The molecule has 0 radical (unpaired) electrons. The first-order valence-corrected chi connectivity index (χ1v) is 6.71.